The van der Waals surface area contributed by atoms with E-state index in [-0.39, 0.29) is 6.61 Å². The van der Waals surface area contributed by atoms with Gasteiger partial charge in [-0.25, -0.2) is 29.9 Å². The molecule has 0 amide bonds. The molecule has 0 aliphatic heterocycles. The van der Waals surface area contributed by atoms with Crippen molar-refractivity contribution >= 4 is 113 Å². The third kappa shape index (κ3) is 11.1. The minimum absolute atomic E-state index is 0.0792. The third-order valence-corrected chi connectivity index (χ3v) is 14.0. The topological polar surface area (TPSA) is 194 Å². The fourth-order valence-corrected chi connectivity index (χ4v) is 10.6. The van der Waals surface area contributed by atoms with Crippen molar-refractivity contribution in [2.75, 3.05) is 48.1 Å². The van der Waals surface area contributed by atoms with Gasteiger partial charge in [-0.2, -0.15) is 0 Å². The van der Waals surface area contributed by atoms with Crippen LogP contribution in [0.15, 0.2) is 113 Å². The molecule has 10 aromatic rings. The van der Waals surface area contributed by atoms with E-state index >= 15 is 0 Å². The number of aliphatic hydroxyl groups excluding tert-OH is 1. The second-order valence-electron chi connectivity index (χ2n) is 19.1. The summed E-state index contributed by atoms with van der Waals surface area (Å²) in [6, 6.07) is 34.8. The number of benzene rings is 4. The maximum Gasteiger partial charge on any atom is 0.206 e. The molecule has 0 spiro atoms. The van der Waals surface area contributed by atoms with E-state index in [9.17, 15) is 5.11 Å². The zero-order valence-corrected chi connectivity index (χ0v) is 43.8. The average Bonchev–Trinajstić information content (AvgIpc) is 4.03. The molecule has 7 N–H and O–H groups in total. The Morgan fingerprint density at radius 3 is 1.35 bits per heavy atom. The Labute approximate surface area is 424 Å². The molecule has 0 saturated heterocycles. The number of anilines is 4. The van der Waals surface area contributed by atoms with Gasteiger partial charge in [0.25, 0.3) is 0 Å². The second-order valence-corrected chi connectivity index (χ2v) is 21.1. The number of fused-ring (bicyclic) bond motifs is 9. The fraction of sp³-hybridized carbons (Fsp3) is 0.345. The second kappa shape index (κ2) is 22.6. The zero-order chi connectivity index (χ0) is 50.3. The Morgan fingerprint density at radius 2 is 0.915 bits per heavy atom. The SMILES string of the molecule is CC(C)Cn1c(N(C)CCO)nc2c(N)nc3ccccc3c21.CC(C)Cn1c(SCc2ccccc2)nc2c(N)nc3ccccc3c21.CCCSc1nc2c(N)nc3ccccc3c2n1CC(C)C. The van der Waals surface area contributed by atoms with Gasteiger partial charge in [0.15, 0.2) is 27.8 Å². The zero-order valence-electron chi connectivity index (χ0n) is 42.2. The van der Waals surface area contributed by atoms with Gasteiger partial charge in [0.05, 0.1) is 39.7 Å². The number of aliphatic hydroxyl groups is 1. The summed E-state index contributed by atoms with van der Waals surface area (Å²) in [4.78, 5) is 29.9. The van der Waals surface area contributed by atoms with Crippen LogP contribution in [-0.4, -0.2) is 74.7 Å². The van der Waals surface area contributed by atoms with Crippen LogP contribution in [0.5, 0.6) is 0 Å². The monoisotopic (exact) mass is 990 g/mol. The highest BCUT2D eigenvalue weighted by molar-refractivity contribution is 7.99. The van der Waals surface area contributed by atoms with Crippen LogP contribution in [0.4, 0.5) is 23.4 Å². The average molecular weight is 990 g/mol. The molecule has 0 radical (unpaired) electrons. The number of para-hydroxylation sites is 3. The molecule has 0 fully saturated rings. The number of nitrogen functional groups attached to an aromatic ring is 3. The molecule has 0 unspecified atom stereocenters. The van der Waals surface area contributed by atoms with Gasteiger partial charge in [0.1, 0.15) is 16.6 Å². The number of hydrogen-bond acceptors (Lipinski definition) is 13. The van der Waals surface area contributed by atoms with Gasteiger partial charge in [-0.1, -0.05) is 157 Å². The molecule has 0 saturated carbocycles. The van der Waals surface area contributed by atoms with Crippen LogP contribution in [-0.2, 0) is 25.4 Å². The number of pyridine rings is 3. The standard InChI is InChI=1S/C21H22N4S.C17H23N5O.C17H22N4S/c1-14(2)12-25-19-16-10-6-7-11-17(16)23-20(22)18(19)24-21(25)26-13-15-8-4-3-5-9-15;1-11(2)10-22-15-12-6-4-5-7-13(12)19-16(18)14(15)20-17(22)21(3)8-9-23;1-4-9-22-17-20-14-15(21(17)10-11(2)3)12-7-5-6-8-13(12)19-16(14)18/h3-11,14H,12-13H2,1-2H3,(H2,22,23);4-7,11,23H,8-10H2,1-3H3,(H2,18,19);5-8,11H,4,9-10H2,1-3H3,(H2,18,19). The van der Waals surface area contributed by atoms with Crippen LogP contribution in [0, 0.1) is 17.8 Å². The van der Waals surface area contributed by atoms with Crippen LogP contribution < -0.4 is 22.1 Å². The smallest absolute Gasteiger partial charge is 0.206 e. The summed E-state index contributed by atoms with van der Waals surface area (Å²) in [5.41, 5.74) is 28.2. The summed E-state index contributed by atoms with van der Waals surface area (Å²) < 4.78 is 6.82. The quantitative estimate of drug-likeness (QED) is 0.0710. The minimum atomic E-state index is 0.0792. The molecular formula is C55H67N13OS2. The molecule has 370 valence electrons. The number of rotatable bonds is 15. The van der Waals surface area contributed by atoms with Crippen molar-refractivity contribution in [1.29, 1.82) is 0 Å². The molecule has 10 rings (SSSR count). The lowest BCUT2D eigenvalue weighted by Crippen LogP contribution is -2.25. The van der Waals surface area contributed by atoms with E-state index in [2.05, 4.69) is 120 Å². The third-order valence-electron chi connectivity index (χ3n) is 11.8. The lowest BCUT2D eigenvalue weighted by atomic mass is 10.1. The van der Waals surface area contributed by atoms with Crippen molar-refractivity contribution in [2.45, 2.75) is 90.6 Å². The van der Waals surface area contributed by atoms with E-state index in [0.29, 0.717) is 41.8 Å². The van der Waals surface area contributed by atoms with Gasteiger partial charge in [0.2, 0.25) is 5.95 Å². The van der Waals surface area contributed by atoms with Crippen LogP contribution in [0.2, 0.25) is 0 Å². The normalized spacial score (nSPS) is 11.7. The largest absolute Gasteiger partial charge is 0.395 e. The van der Waals surface area contributed by atoms with E-state index < -0.39 is 0 Å². The number of nitrogens with two attached hydrogens (primary N) is 3. The minimum Gasteiger partial charge on any atom is -0.395 e. The fourth-order valence-electron chi connectivity index (χ4n) is 8.81. The van der Waals surface area contributed by atoms with E-state index in [4.69, 9.17) is 32.2 Å². The van der Waals surface area contributed by atoms with E-state index in [1.165, 1.54) is 5.56 Å². The van der Waals surface area contributed by atoms with Crippen LogP contribution >= 0.6 is 23.5 Å². The molecule has 71 heavy (non-hydrogen) atoms. The lowest BCUT2D eigenvalue weighted by molar-refractivity contribution is 0.303. The number of thioether (sulfide) groups is 2. The van der Waals surface area contributed by atoms with Crippen molar-refractivity contribution in [3.63, 3.8) is 0 Å². The summed E-state index contributed by atoms with van der Waals surface area (Å²) in [6.07, 6.45) is 1.13. The predicted molar refractivity (Wildman–Crippen MR) is 300 cm³/mol. The summed E-state index contributed by atoms with van der Waals surface area (Å²) in [7, 11) is 1.93. The van der Waals surface area contributed by atoms with Gasteiger partial charge < -0.3 is 40.9 Å². The number of aromatic nitrogens is 9. The molecule has 0 atom stereocenters. The van der Waals surface area contributed by atoms with Crippen LogP contribution in [0.3, 0.4) is 0 Å². The maximum absolute atomic E-state index is 9.26. The highest BCUT2D eigenvalue weighted by Crippen LogP contribution is 2.36. The predicted octanol–water partition coefficient (Wildman–Crippen LogP) is 11.7. The van der Waals surface area contributed by atoms with Crippen molar-refractivity contribution in [3.8, 4) is 0 Å². The molecule has 0 aliphatic carbocycles. The number of hydrogen-bond donors (Lipinski definition) is 4. The highest BCUT2D eigenvalue weighted by Gasteiger charge is 2.22. The molecule has 0 bridgehead atoms. The van der Waals surface area contributed by atoms with Crippen LogP contribution in [0.25, 0.3) is 65.8 Å². The first kappa shape index (κ1) is 50.8. The van der Waals surface area contributed by atoms with Gasteiger partial charge in [-0.05, 0) is 47.9 Å². The summed E-state index contributed by atoms with van der Waals surface area (Å²) in [5.74, 6) is 5.75. The molecular weight excluding hydrogens is 923 g/mol. The van der Waals surface area contributed by atoms with Crippen molar-refractivity contribution in [1.82, 2.24) is 43.6 Å². The van der Waals surface area contributed by atoms with Crippen LogP contribution in [0.1, 0.15) is 60.5 Å². The Hall–Kier alpha value is -6.62. The number of likely N-dealkylation sites (N-methyl/N-ethyl adjacent to an activating group) is 1. The molecule has 6 aromatic heterocycles. The molecule has 16 heteroatoms. The highest BCUT2D eigenvalue weighted by atomic mass is 32.2. The van der Waals surface area contributed by atoms with Crippen molar-refractivity contribution < 1.29 is 5.11 Å². The molecule has 6 heterocycles. The van der Waals surface area contributed by atoms with Crippen molar-refractivity contribution in [3.05, 3.63) is 109 Å². The lowest BCUT2D eigenvalue weighted by Gasteiger charge is -2.20. The molecule has 14 nitrogen and oxygen atoms in total. The first-order chi connectivity index (χ1) is 34.3. The van der Waals surface area contributed by atoms with Gasteiger partial charge in [-0.3, -0.25) is 0 Å². The van der Waals surface area contributed by atoms with Gasteiger partial charge in [0, 0.05) is 60.9 Å². The maximum atomic E-state index is 9.26. The molecule has 0 aliphatic rings. The Balaban J connectivity index is 0.000000143. The Kier molecular flexibility index (Phi) is 16.2. The molecule has 4 aromatic carbocycles. The summed E-state index contributed by atoms with van der Waals surface area (Å²) in [6.45, 7) is 18.7. The van der Waals surface area contributed by atoms with E-state index in [1.807, 2.05) is 72.6 Å². The first-order valence-electron chi connectivity index (χ1n) is 24.5. The Bertz CT molecular complexity index is 3420. The van der Waals surface area contributed by atoms with E-state index in [0.717, 1.165) is 120 Å². The summed E-state index contributed by atoms with van der Waals surface area (Å²) in [5, 5.41) is 14.6. The number of nitrogens with zero attached hydrogens (tertiary/aromatic N) is 10. The van der Waals surface area contributed by atoms with Gasteiger partial charge in [-0.15, -0.1) is 0 Å². The van der Waals surface area contributed by atoms with Gasteiger partial charge >= 0.3 is 0 Å². The first-order valence-corrected chi connectivity index (χ1v) is 26.5. The van der Waals surface area contributed by atoms with Crippen molar-refractivity contribution in [2.24, 2.45) is 17.8 Å². The Morgan fingerprint density at radius 1 is 0.521 bits per heavy atom. The summed E-state index contributed by atoms with van der Waals surface area (Å²) >= 11 is 3.55. The van der Waals surface area contributed by atoms with E-state index in [1.54, 1.807) is 23.5 Å². The number of imidazole rings is 3.